The van der Waals surface area contributed by atoms with Crippen LogP contribution in [0.1, 0.15) is 37.1 Å². The SMILES string of the molecule is C.C=CCN1CCN(Cc2c(-c3ccc(C)cc3)nc3ccc(C4=CCCC=C4)cn23)CC1. The van der Waals surface area contributed by atoms with Crippen LogP contribution in [0.15, 0.2) is 73.5 Å². The van der Waals surface area contributed by atoms with E-state index in [4.69, 9.17) is 4.98 Å². The predicted octanol–water partition coefficient (Wildman–Crippen LogP) is 5.98. The van der Waals surface area contributed by atoms with Crippen molar-refractivity contribution < 1.29 is 0 Å². The first-order chi connectivity index (χ1) is 15.7. The molecule has 0 atom stereocenters. The molecule has 2 aromatic heterocycles. The highest BCUT2D eigenvalue weighted by molar-refractivity contribution is 5.76. The summed E-state index contributed by atoms with van der Waals surface area (Å²) in [7, 11) is 0. The molecule has 0 spiro atoms. The van der Waals surface area contributed by atoms with E-state index in [1.54, 1.807) is 0 Å². The smallest absolute Gasteiger partial charge is 0.137 e. The van der Waals surface area contributed by atoms with E-state index >= 15 is 0 Å². The number of aromatic nitrogens is 2. The monoisotopic (exact) mass is 440 g/mol. The van der Waals surface area contributed by atoms with Gasteiger partial charge in [0.2, 0.25) is 0 Å². The molecule has 0 saturated carbocycles. The third kappa shape index (κ3) is 5.02. The van der Waals surface area contributed by atoms with Crippen LogP contribution < -0.4 is 0 Å². The third-order valence-corrected chi connectivity index (χ3v) is 6.60. The highest BCUT2D eigenvalue weighted by atomic mass is 15.3. The first-order valence-corrected chi connectivity index (χ1v) is 11.7. The Hall–Kier alpha value is -2.95. The molecule has 2 aliphatic rings. The lowest BCUT2D eigenvalue weighted by Gasteiger charge is -2.34. The van der Waals surface area contributed by atoms with Gasteiger partial charge in [-0.15, -0.1) is 6.58 Å². The summed E-state index contributed by atoms with van der Waals surface area (Å²) >= 11 is 0. The molecule has 1 aromatic carbocycles. The Bertz CT molecular complexity index is 1160. The number of benzene rings is 1. The number of hydrogen-bond donors (Lipinski definition) is 0. The number of nitrogens with zero attached hydrogens (tertiary/aromatic N) is 4. The predicted molar refractivity (Wildman–Crippen MR) is 140 cm³/mol. The molecule has 1 aliphatic carbocycles. The molecular weight excluding hydrogens is 404 g/mol. The number of pyridine rings is 1. The normalized spacial score (nSPS) is 17.1. The summed E-state index contributed by atoms with van der Waals surface area (Å²) in [5.41, 5.74) is 8.44. The van der Waals surface area contributed by atoms with Gasteiger partial charge in [-0.2, -0.15) is 0 Å². The van der Waals surface area contributed by atoms with Crippen LogP contribution in [-0.4, -0.2) is 51.9 Å². The minimum atomic E-state index is 0. The van der Waals surface area contributed by atoms with Gasteiger partial charge in [0.25, 0.3) is 0 Å². The maximum absolute atomic E-state index is 5.08. The van der Waals surface area contributed by atoms with E-state index in [0.717, 1.165) is 63.5 Å². The van der Waals surface area contributed by atoms with E-state index in [2.05, 4.69) is 88.5 Å². The average molecular weight is 441 g/mol. The van der Waals surface area contributed by atoms with Crippen LogP contribution in [0.2, 0.25) is 0 Å². The first-order valence-electron chi connectivity index (χ1n) is 11.7. The summed E-state index contributed by atoms with van der Waals surface area (Å²) in [4.78, 5) is 10.1. The van der Waals surface area contributed by atoms with E-state index in [-0.39, 0.29) is 7.43 Å². The minimum Gasteiger partial charge on any atom is -0.301 e. The molecule has 0 amide bonds. The van der Waals surface area contributed by atoms with Crippen molar-refractivity contribution >= 4 is 11.2 Å². The molecule has 1 aliphatic heterocycles. The molecule has 1 fully saturated rings. The van der Waals surface area contributed by atoms with Crippen LogP contribution in [0.3, 0.4) is 0 Å². The number of aryl methyl sites for hydroxylation is 1. The molecule has 3 aromatic rings. The zero-order valence-corrected chi connectivity index (χ0v) is 19.0. The third-order valence-electron chi connectivity index (χ3n) is 6.60. The maximum Gasteiger partial charge on any atom is 0.137 e. The van der Waals surface area contributed by atoms with Gasteiger partial charge >= 0.3 is 0 Å². The fraction of sp³-hybridized carbons (Fsp3) is 0.345. The summed E-state index contributed by atoms with van der Waals surface area (Å²) in [6, 6.07) is 13.1. The Kier molecular flexibility index (Phi) is 7.26. The van der Waals surface area contributed by atoms with Gasteiger partial charge in [-0.05, 0) is 43.0 Å². The Morgan fingerprint density at radius 3 is 2.36 bits per heavy atom. The lowest BCUT2D eigenvalue weighted by molar-refractivity contribution is 0.136. The summed E-state index contributed by atoms with van der Waals surface area (Å²) in [6.45, 7) is 12.2. The van der Waals surface area contributed by atoms with Gasteiger partial charge in [0.15, 0.2) is 0 Å². The number of rotatable bonds is 6. The van der Waals surface area contributed by atoms with Crippen LogP contribution >= 0.6 is 0 Å². The van der Waals surface area contributed by atoms with E-state index < -0.39 is 0 Å². The van der Waals surface area contributed by atoms with Crippen molar-refractivity contribution in [2.75, 3.05) is 32.7 Å². The summed E-state index contributed by atoms with van der Waals surface area (Å²) < 4.78 is 2.32. The minimum absolute atomic E-state index is 0. The molecule has 0 unspecified atom stereocenters. The molecule has 4 heteroatoms. The van der Waals surface area contributed by atoms with Gasteiger partial charge in [0, 0.05) is 51.0 Å². The summed E-state index contributed by atoms with van der Waals surface area (Å²) in [6.07, 6.45) is 13.4. The second kappa shape index (κ2) is 10.3. The molecule has 1 saturated heterocycles. The lowest BCUT2D eigenvalue weighted by Crippen LogP contribution is -2.45. The van der Waals surface area contributed by atoms with Gasteiger partial charge < -0.3 is 4.40 Å². The Morgan fingerprint density at radius 2 is 1.67 bits per heavy atom. The Morgan fingerprint density at radius 1 is 0.939 bits per heavy atom. The van der Waals surface area contributed by atoms with Gasteiger partial charge in [-0.3, -0.25) is 9.80 Å². The van der Waals surface area contributed by atoms with Crippen molar-refractivity contribution in [1.82, 2.24) is 19.2 Å². The van der Waals surface area contributed by atoms with Crippen molar-refractivity contribution in [1.29, 1.82) is 0 Å². The molecule has 0 bridgehead atoms. The van der Waals surface area contributed by atoms with E-state index in [1.165, 1.54) is 28.0 Å². The zero-order chi connectivity index (χ0) is 21.9. The van der Waals surface area contributed by atoms with Crippen molar-refractivity contribution in [2.45, 2.75) is 33.7 Å². The van der Waals surface area contributed by atoms with Gasteiger partial charge in [0.05, 0.1) is 11.4 Å². The van der Waals surface area contributed by atoms with Gasteiger partial charge in [-0.25, -0.2) is 4.98 Å². The average Bonchev–Trinajstić information content (AvgIpc) is 3.19. The van der Waals surface area contributed by atoms with Crippen molar-refractivity contribution in [3.8, 4) is 11.3 Å². The first kappa shape index (κ1) is 23.2. The zero-order valence-electron chi connectivity index (χ0n) is 19.0. The second-order valence-corrected chi connectivity index (χ2v) is 8.92. The van der Waals surface area contributed by atoms with Gasteiger partial charge in [-0.1, -0.05) is 61.6 Å². The summed E-state index contributed by atoms with van der Waals surface area (Å²) in [5.74, 6) is 0. The van der Waals surface area contributed by atoms with Crippen LogP contribution in [0.5, 0.6) is 0 Å². The van der Waals surface area contributed by atoms with Crippen LogP contribution in [0.4, 0.5) is 0 Å². The molecule has 3 heterocycles. The molecule has 33 heavy (non-hydrogen) atoms. The number of imidazole rings is 1. The molecular formula is C29H36N4. The highest BCUT2D eigenvalue weighted by Gasteiger charge is 2.21. The Labute approximate surface area is 198 Å². The number of allylic oxidation sites excluding steroid dienone is 4. The van der Waals surface area contributed by atoms with Crippen molar-refractivity contribution in [3.63, 3.8) is 0 Å². The standard InChI is InChI=1S/C28H32N4.CH4/c1-3-15-30-16-18-31(19-17-30)21-26-28(24-11-9-22(2)10-12-24)29-27-14-13-25(20-32(26)27)23-7-5-4-6-8-23;/h3,5,7-14,20H,1,4,6,15-19,21H2,2H3;1H4. The fourth-order valence-corrected chi connectivity index (χ4v) is 4.71. The fourth-order valence-electron chi connectivity index (χ4n) is 4.71. The van der Waals surface area contributed by atoms with E-state index in [1.807, 2.05) is 6.08 Å². The quantitative estimate of drug-likeness (QED) is 0.440. The van der Waals surface area contributed by atoms with E-state index in [9.17, 15) is 0 Å². The second-order valence-electron chi connectivity index (χ2n) is 8.92. The molecule has 172 valence electrons. The van der Waals surface area contributed by atoms with Gasteiger partial charge in [0.1, 0.15) is 5.65 Å². The summed E-state index contributed by atoms with van der Waals surface area (Å²) in [5, 5.41) is 0. The highest BCUT2D eigenvalue weighted by Crippen LogP contribution is 2.29. The molecule has 0 N–H and O–H groups in total. The number of hydrogen-bond acceptors (Lipinski definition) is 3. The Balaban J connectivity index is 0.00000259. The number of piperazine rings is 1. The van der Waals surface area contributed by atoms with Crippen molar-refractivity contribution in [2.24, 2.45) is 0 Å². The van der Waals surface area contributed by atoms with Crippen LogP contribution in [-0.2, 0) is 6.54 Å². The van der Waals surface area contributed by atoms with Crippen LogP contribution in [0.25, 0.3) is 22.5 Å². The number of fused-ring (bicyclic) bond motifs is 1. The molecule has 4 nitrogen and oxygen atoms in total. The van der Waals surface area contributed by atoms with Crippen LogP contribution in [0, 0.1) is 6.92 Å². The van der Waals surface area contributed by atoms with E-state index in [0.29, 0.717) is 0 Å². The molecule has 0 radical (unpaired) electrons. The van der Waals surface area contributed by atoms with Crippen molar-refractivity contribution in [3.05, 3.63) is 90.3 Å². The lowest BCUT2D eigenvalue weighted by atomic mass is 10.0. The molecule has 5 rings (SSSR count). The largest absolute Gasteiger partial charge is 0.301 e. The topological polar surface area (TPSA) is 23.8 Å². The maximum atomic E-state index is 5.08.